The number of allylic oxidation sites excluding steroid dienone is 5. The van der Waals surface area contributed by atoms with Crippen LogP contribution in [0.1, 0.15) is 41.7 Å². The van der Waals surface area contributed by atoms with Gasteiger partial charge in [-0.15, -0.1) is 0 Å². The Bertz CT molecular complexity index is 1930. The summed E-state index contributed by atoms with van der Waals surface area (Å²) in [6.07, 6.45) is 7.35. The Morgan fingerprint density at radius 1 is 0.800 bits per heavy atom. The summed E-state index contributed by atoms with van der Waals surface area (Å²) in [6, 6.07) is 35.3. The third kappa shape index (κ3) is 5.64. The molecular weight excluding hydrogens is 556 g/mol. The lowest BCUT2D eigenvalue weighted by atomic mass is 9.64. The predicted octanol–water partition coefficient (Wildman–Crippen LogP) is 10.6. The minimum atomic E-state index is -0.707. The molecule has 1 aliphatic rings. The lowest BCUT2D eigenvalue weighted by Gasteiger charge is -2.38. The summed E-state index contributed by atoms with van der Waals surface area (Å²) in [5, 5.41) is 2.23. The molecule has 0 fully saturated rings. The van der Waals surface area contributed by atoms with Crippen LogP contribution in [0.5, 0.6) is 0 Å². The van der Waals surface area contributed by atoms with Crippen LogP contribution in [0.2, 0.25) is 0 Å². The average molecular weight is 596 g/mol. The van der Waals surface area contributed by atoms with Gasteiger partial charge < -0.3 is 4.90 Å². The predicted molar refractivity (Wildman–Crippen MR) is 185 cm³/mol. The van der Waals surface area contributed by atoms with Gasteiger partial charge in [0.15, 0.2) is 0 Å². The summed E-state index contributed by atoms with van der Waals surface area (Å²) in [5.41, 5.74) is 7.66. The van der Waals surface area contributed by atoms with E-state index in [1.807, 2.05) is 24.3 Å². The third-order valence-electron chi connectivity index (χ3n) is 9.50. The van der Waals surface area contributed by atoms with Gasteiger partial charge in [0.1, 0.15) is 11.6 Å². The van der Waals surface area contributed by atoms with Crippen LogP contribution in [0.3, 0.4) is 0 Å². The summed E-state index contributed by atoms with van der Waals surface area (Å²) in [5.74, 6) is -1.16. The SMILES string of the molecule is C=C(/C=C/C=C1/N(C)c2ccccc2C1(C)C)C(Cc1ccccc1)(Cc1cc(F)cc(F)c1)c1c(C)ccc2ccccc12. The van der Waals surface area contributed by atoms with Crippen molar-refractivity contribution in [1.82, 2.24) is 0 Å². The number of fused-ring (bicyclic) bond motifs is 2. The van der Waals surface area contributed by atoms with E-state index in [1.54, 1.807) is 0 Å². The number of likely N-dealkylation sites (N-methyl/N-ethyl adjacent to an activating group) is 1. The first kappa shape index (κ1) is 30.3. The van der Waals surface area contributed by atoms with Gasteiger partial charge in [0.25, 0.3) is 0 Å². The molecule has 0 bridgehead atoms. The van der Waals surface area contributed by atoms with Crippen molar-refractivity contribution in [2.45, 2.75) is 44.4 Å². The zero-order chi connectivity index (χ0) is 31.8. The zero-order valence-electron chi connectivity index (χ0n) is 26.4. The molecule has 6 rings (SSSR count). The van der Waals surface area contributed by atoms with E-state index in [2.05, 4.69) is 118 Å². The molecule has 1 aliphatic heterocycles. The molecule has 0 amide bonds. The zero-order valence-corrected chi connectivity index (χ0v) is 26.4. The van der Waals surface area contributed by atoms with E-state index < -0.39 is 17.0 Å². The van der Waals surface area contributed by atoms with Crippen LogP contribution in [-0.4, -0.2) is 7.05 Å². The summed E-state index contributed by atoms with van der Waals surface area (Å²) < 4.78 is 29.3. The van der Waals surface area contributed by atoms with Crippen molar-refractivity contribution in [2.75, 3.05) is 11.9 Å². The lowest BCUT2D eigenvalue weighted by Crippen LogP contribution is -2.34. The lowest BCUT2D eigenvalue weighted by molar-refractivity contribution is 0.502. The molecule has 226 valence electrons. The Kier molecular flexibility index (Phi) is 8.05. The molecular formula is C42H39F2N. The van der Waals surface area contributed by atoms with Crippen molar-refractivity contribution in [3.05, 3.63) is 185 Å². The van der Waals surface area contributed by atoms with E-state index in [0.717, 1.165) is 39.1 Å². The van der Waals surface area contributed by atoms with Crippen molar-refractivity contribution in [3.63, 3.8) is 0 Å². The second kappa shape index (κ2) is 12.0. The van der Waals surface area contributed by atoms with Gasteiger partial charge in [0, 0.05) is 35.3 Å². The minimum absolute atomic E-state index is 0.163. The maximum atomic E-state index is 14.7. The largest absolute Gasteiger partial charge is 0.347 e. The Labute approximate surface area is 265 Å². The molecule has 45 heavy (non-hydrogen) atoms. The summed E-state index contributed by atoms with van der Waals surface area (Å²) in [7, 11) is 2.11. The Morgan fingerprint density at radius 2 is 1.44 bits per heavy atom. The normalized spacial score (nSPS) is 16.3. The van der Waals surface area contributed by atoms with Crippen molar-refractivity contribution in [3.8, 4) is 0 Å². The molecule has 0 N–H and O–H groups in total. The number of nitrogens with zero attached hydrogens (tertiary/aromatic N) is 1. The van der Waals surface area contributed by atoms with E-state index >= 15 is 0 Å². The maximum absolute atomic E-state index is 14.7. The highest BCUT2D eigenvalue weighted by atomic mass is 19.1. The first-order valence-electron chi connectivity index (χ1n) is 15.5. The van der Waals surface area contributed by atoms with Crippen molar-refractivity contribution in [2.24, 2.45) is 0 Å². The Balaban J connectivity index is 1.54. The molecule has 0 saturated carbocycles. The Hall–Kier alpha value is -4.76. The number of para-hydroxylation sites is 1. The Morgan fingerprint density at radius 3 is 2.18 bits per heavy atom. The summed E-state index contributed by atoms with van der Waals surface area (Å²) >= 11 is 0. The number of aryl methyl sites for hydroxylation is 1. The number of anilines is 1. The van der Waals surface area contributed by atoms with E-state index in [1.165, 1.54) is 29.1 Å². The number of hydrogen-bond acceptors (Lipinski definition) is 1. The fourth-order valence-electron chi connectivity index (χ4n) is 7.37. The van der Waals surface area contributed by atoms with Gasteiger partial charge in [-0.1, -0.05) is 118 Å². The molecule has 1 heterocycles. The second-order valence-corrected chi connectivity index (χ2v) is 12.8. The molecule has 5 aromatic carbocycles. The highest BCUT2D eigenvalue weighted by Crippen LogP contribution is 2.47. The van der Waals surface area contributed by atoms with Crippen LogP contribution >= 0.6 is 0 Å². The minimum Gasteiger partial charge on any atom is -0.347 e. The van der Waals surface area contributed by atoms with Crippen molar-refractivity contribution < 1.29 is 8.78 Å². The van der Waals surface area contributed by atoms with Crippen LogP contribution in [0, 0.1) is 18.6 Å². The number of benzene rings is 5. The number of halogens is 2. The second-order valence-electron chi connectivity index (χ2n) is 12.8. The van der Waals surface area contributed by atoms with E-state index in [4.69, 9.17) is 6.58 Å². The van der Waals surface area contributed by atoms with Crippen LogP contribution < -0.4 is 4.90 Å². The maximum Gasteiger partial charge on any atom is 0.126 e. The smallest absolute Gasteiger partial charge is 0.126 e. The van der Waals surface area contributed by atoms with Gasteiger partial charge in [0.05, 0.1) is 0 Å². The molecule has 1 unspecified atom stereocenters. The first-order chi connectivity index (χ1) is 21.6. The monoisotopic (exact) mass is 595 g/mol. The van der Waals surface area contributed by atoms with Crippen LogP contribution in [0.4, 0.5) is 14.5 Å². The van der Waals surface area contributed by atoms with Crippen LogP contribution in [-0.2, 0) is 23.7 Å². The molecule has 3 heteroatoms. The van der Waals surface area contributed by atoms with Crippen molar-refractivity contribution in [1.29, 1.82) is 0 Å². The van der Waals surface area contributed by atoms with Gasteiger partial charge in [-0.2, -0.15) is 0 Å². The molecule has 1 nitrogen and oxygen atoms in total. The fourth-order valence-corrected chi connectivity index (χ4v) is 7.37. The van der Waals surface area contributed by atoms with Gasteiger partial charge in [-0.05, 0) is 88.2 Å². The molecule has 0 radical (unpaired) electrons. The van der Waals surface area contributed by atoms with E-state index in [9.17, 15) is 8.78 Å². The standard InChI is InChI=1S/C42H39F2N/c1-29-22-23-33-17-9-10-18-36(33)40(29)42(27-31-15-7-6-8-16-31,28-32-24-34(43)26-35(44)25-32)30(2)14-13-21-39-41(3,4)37-19-11-12-20-38(37)45(39)5/h6-26H,2,27-28H2,1,3-5H3/b14-13+,39-21+. The highest BCUT2D eigenvalue weighted by molar-refractivity contribution is 5.88. The summed E-state index contributed by atoms with van der Waals surface area (Å²) in [6.45, 7) is 11.4. The van der Waals surface area contributed by atoms with E-state index in [-0.39, 0.29) is 5.41 Å². The summed E-state index contributed by atoms with van der Waals surface area (Å²) in [4.78, 5) is 2.25. The molecule has 0 spiro atoms. The fraction of sp³-hybridized carbons (Fsp3) is 0.190. The molecule has 0 aliphatic carbocycles. The molecule has 0 aromatic heterocycles. The quantitative estimate of drug-likeness (QED) is 0.161. The molecule has 0 saturated heterocycles. The average Bonchev–Trinajstić information content (AvgIpc) is 3.21. The van der Waals surface area contributed by atoms with Gasteiger partial charge in [-0.3, -0.25) is 0 Å². The van der Waals surface area contributed by atoms with E-state index in [0.29, 0.717) is 18.4 Å². The topological polar surface area (TPSA) is 3.24 Å². The first-order valence-corrected chi connectivity index (χ1v) is 15.5. The van der Waals surface area contributed by atoms with Gasteiger partial charge in [0.2, 0.25) is 0 Å². The van der Waals surface area contributed by atoms with Gasteiger partial charge >= 0.3 is 0 Å². The van der Waals surface area contributed by atoms with Crippen molar-refractivity contribution >= 4 is 16.5 Å². The van der Waals surface area contributed by atoms with Crippen LogP contribution in [0.15, 0.2) is 145 Å². The number of hydrogen-bond donors (Lipinski definition) is 0. The molecule has 5 aromatic rings. The molecule has 1 atom stereocenters. The third-order valence-corrected chi connectivity index (χ3v) is 9.50. The van der Waals surface area contributed by atoms with Gasteiger partial charge in [-0.25, -0.2) is 8.78 Å². The van der Waals surface area contributed by atoms with Crippen LogP contribution in [0.25, 0.3) is 10.8 Å². The highest BCUT2D eigenvalue weighted by Gasteiger charge is 2.39. The number of rotatable bonds is 8.